The molecule has 0 spiro atoms. The molecule has 0 saturated heterocycles. The molecule has 0 aliphatic rings. The highest BCUT2D eigenvalue weighted by molar-refractivity contribution is 9.10. The fourth-order valence-electron chi connectivity index (χ4n) is 1.04. The second-order valence-corrected chi connectivity index (χ2v) is 4.58. The maximum Gasteiger partial charge on any atom is 0.241 e. The second kappa shape index (κ2) is 4.99. The van der Waals surface area contributed by atoms with Gasteiger partial charge in [0.2, 0.25) is 5.88 Å². The molecule has 0 atom stereocenters. The standard InChI is InChI=1S/C10H5BrCl2N2O/c11-6-1-2-7(12)9(3-6)16-10-8(13)4-14-5-15-10/h1-5H. The average Bonchev–Trinajstić information content (AvgIpc) is 2.27. The normalized spacial score (nSPS) is 10.2. The lowest BCUT2D eigenvalue weighted by Crippen LogP contribution is -1.90. The smallest absolute Gasteiger partial charge is 0.241 e. The maximum atomic E-state index is 5.97. The topological polar surface area (TPSA) is 35.0 Å². The Bertz CT molecular complexity index is 522. The van der Waals surface area contributed by atoms with Crippen molar-refractivity contribution in [2.24, 2.45) is 0 Å². The van der Waals surface area contributed by atoms with Crippen molar-refractivity contribution in [1.29, 1.82) is 0 Å². The van der Waals surface area contributed by atoms with Gasteiger partial charge in [0.25, 0.3) is 0 Å². The molecular weight excluding hydrogens is 315 g/mol. The van der Waals surface area contributed by atoms with E-state index in [-0.39, 0.29) is 5.88 Å². The zero-order chi connectivity index (χ0) is 11.5. The van der Waals surface area contributed by atoms with Gasteiger partial charge in [0.05, 0.1) is 11.2 Å². The maximum absolute atomic E-state index is 5.97. The van der Waals surface area contributed by atoms with Crippen LogP contribution in [0.25, 0.3) is 0 Å². The van der Waals surface area contributed by atoms with Gasteiger partial charge >= 0.3 is 0 Å². The van der Waals surface area contributed by atoms with E-state index in [1.165, 1.54) is 12.5 Å². The molecule has 0 N–H and O–H groups in total. The van der Waals surface area contributed by atoms with E-state index in [1.807, 2.05) is 6.07 Å². The summed E-state index contributed by atoms with van der Waals surface area (Å²) in [7, 11) is 0. The Hall–Kier alpha value is -0.840. The van der Waals surface area contributed by atoms with Gasteiger partial charge in [-0.1, -0.05) is 39.1 Å². The van der Waals surface area contributed by atoms with Crippen molar-refractivity contribution < 1.29 is 4.74 Å². The number of benzene rings is 1. The zero-order valence-corrected chi connectivity index (χ0v) is 10.9. The summed E-state index contributed by atoms with van der Waals surface area (Å²) in [6.07, 6.45) is 2.81. The van der Waals surface area contributed by atoms with Crippen molar-refractivity contribution in [2.75, 3.05) is 0 Å². The Morgan fingerprint density at radius 1 is 1.19 bits per heavy atom. The third-order valence-electron chi connectivity index (χ3n) is 1.73. The predicted molar refractivity (Wildman–Crippen MR) is 66.3 cm³/mol. The van der Waals surface area contributed by atoms with Crippen LogP contribution in [-0.4, -0.2) is 9.97 Å². The average molecular weight is 320 g/mol. The number of hydrogen-bond acceptors (Lipinski definition) is 3. The van der Waals surface area contributed by atoms with Gasteiger partial charge in [-0.15, -0.1) is 0 Å². The summed E-state index contributed by atoms with van der Waals surface area (Å²) >= 11 is 15.2. The van der Waals surface area contributed by atoms with Crippen LogP contribution in [0.4, 0.5) is 0 Å². The molecule has 1 aromatic heterocycles. The van der Waals surface area contributed by atoms with Crippen LogP contribution < -0.4 is 4.74 Å². The Balaban J connectivity index is 2.34. The van der Waals surface area contributed by atoms with Crippen molar-refractivity contribution in [2.45, 2.75) is 0 Å². The number of rotatable bonds is 2. The van der Waals surface area contributed by atoms with Gasteiger partial charge in [-0.25, -0.2) is 9.97 Å². The van der Waals surface area contributed by atoms with E-state index in [2.05, 4.69) is 25.9 Å². The van der Waals surface area contributed by atoms with Crippen LogP contribution in [0, 0.1) is 0 Å². The Kier molecular flexibility index (Phi) is 3.63. The highest BCUT2D eigenvalue weighted by Crippen LogP contribution is 2.33. The van der Waals surface area contributed by atoms with Crippen LogP contribution in [0.5, 0.6) is 11.6 Å². The van der Waals surface area contributed by atoms with E-state index in [1.54, 1.807) is 12.1 Å². The van der Waals surface area contributed by atoms with Gasteiger partial charge in [0, 0.05) is 4.47 Å². The molecule has 16 heavy (non-hydrogen) atoms. The lowest BCUT2D eigenvalue weighted by atomic mass is 10.3. The fourth-order valence-corrected chi connectivity index (χ4v) is 1.68. The number of ether oxygens (including phenoxy) is 1. The molecule has 2 aromatic rings. The minimum Gasteiger partial charge on any atom is -0.436 e. The van der Waals surface area contributed by atoms with Crippen molar-refractivity contribution in [1.82, 2.24) is 9.97 Å². The minimum atomic E-state index is 0.275. The molecule has 3 nitrogen and oxygen atoms in total. The van der Waals surface area contributed by atoms with Crippen LogP contribution in [0.2, 0.25) is 10.0 Å². The zero-order valence-electron chi connectivity index (χ0n) is 7.82. The molecule has 0 amide bonds. The minimum absolute atomic E-state index is 0.275. The first-order valence-corrected chi connectivity index (χ1v) is 5.80. The highest BCUT2D eigenvalue weighted by atomic mass is 79.9. The Labute approximate surface area is 111 Å². The Morgan fingerprint density at radius 2 is 2.00 bits per heavy atom. The second-order valence-electron chi connectivity index (χ2n) is 2.85. The molecule has 1 aromatic carbocycles. The molecule has 0 saturated carbocycles. The van der Waals surface area contributed by atoms with Crippen LogP contribution in [0.15, 0.2) is 35.2 Å². The van der Waals surface area contributed by atoms with E-state index in [0.717, 1.165) is 4.47 Å². The van der Waals surface area contributed by atoms with E-state index >= 15 is 0 Å². The molecule has 6 heteroatoms. The van der Waals surface area contributed by atoms with Crippen LogP contribution in [0.3, 0.4) is 0 Å². The third-order valence-corrected chi connectivity index (χ3v) is 2.80. The van der Waals surface area contributed by atoms with Gasteiger partial charge in [0.1, 0.15) is 17.1 Å². The monoisotopic (exact) mass is 318 g/mol. The van der Waals surface area contributed by atoms with Gasteiger partial charge in [-0.3, -0.25) is 0 Å². The van der Waals surface area contributed by atoms with E-state index in [4.69, 9.17) is 27.9 Å². The third kappa shape index (κ3) is 2.64. The first kappa shape index (κ1) is 11.6. The van der Waals surface area contributed by atoms with Gasteiger partial charge in [0.15, 0.2) is 0 Å². The van der Waals surface area contributed by atoms with E-state index in [0.29, 0.717) is 15.8 Å². The lowest BCUT2D eigenvalue weighted by Gasteiger charge is -2.07. The summed E-state index contributed by atoms with van der Waals surface area (Å²) in [4.78, 5) is 7.67. The van der Waals surface area contributed by atoms with E-state index < -0.39 is 0 Å². The van der Waals surface area contributed by atoms with Gasteiger partial charge in [-0.2, -0.15) is 0 Å². The molecule has 0 radical (unpaired) electrons. The van der Waals surface area contributed by atoms with Crippen molar-refractivity contribution in [3.63, 3.8) is 0 Å². The summed E-state index contributed by atoms with van der Waals surface area (Å²) in [5.41, 5.74) is 0. The summed E-state index contributed by atoms with van der Waals surface area (Å²) in [6.45, 7) is 0. The summed E-state index contributed by atoms with van der Waals surface area (Å²) in [5, 5.41) is 0.816. The number of aromatic nitrogens is 2. The van der Waals surface area contributed by atoms with Gasteiger partial charge < -0.3 is 4.74 Å². The SMILES string of the molecule is Clc1ccc(Br)cc1Oc1ncncc1Cl. The van der Waals surface area contributed by atoms with Crippen molar-refractivity contribution in [3.05, 3.63) is 45.2 Å². The molecule has 0 fully saturated rings. The van der Waals surface area contributed by atoms with E-state index in [9.17, 15) is 0 Å². The molecular formula is C10H5BrCl2N2O. The summed E-state index contributed by atoms with van der Waals surface area (Å²) in [6, 6.07) is 5.27. The van der Waals surface area contributed by atoms with Gasteiger partial charge in [-0.05, 0) is 18.2 Å². The first-order chi connectivity index (χ1) is 7.66. The predicted octanol–water partition coefficient (Wildman–Crippen LogP) is 4.34. The lowest BCUT2D eigenvalue weighted by molar-refractivity contribution is 0.461. The summed E-state index contributed by atoms with van der Waals surface area (Å²) < 4.78 is 6.33. The number of hydrogen-bond donors (Lipinski definition) is 0. The molecule has 0 unspecified atom stereocenters. The largest absolute Gasteiger partial charge is 0.436 e. The van der Waals surface area contributed by atoms with Crippen LogP contribution in [-0.2, 0) is 0 Å². The van der Waals surface area contributed by atoms with Crippen molar-refractivity contribution in [3.8, 4) is 11.6 Å². The number of halogens is 3. The molecule has 0 aliphatic heterocycles. The number of nitrogens with zero attached hydrogens (tertiary/aromatic N) is 2. The Morgan fingerprint density at radius 3 is 2.75 bits per heavy atom. The van der Waals surface area contributed by atoms with Crippen LogP contribution >= 0.6 is 39.1 Å². The molecule has 0 aliphatic carbocycles. The van der Waals surface area contributed by atoms with Crippen LogP contribution in [0.1, 0.15) is 0 Å². The highest BCUT2D eigenvalue weighted by Gasteiger charge is 2.08. The fraction of sp³-hybridized carbons (Fsp3) is 0. The molecule has 2 rings (SSSR count). The molecule has 1 heterocycles. The summed E-state index contributed by atoms with van der Waals surface area (Å²) in [5.74, 6) is 0.758. The molecule has 0 bridgehead atoms. The first-order valence-electron chi connectivity index (χ1n) is 4.25. The van der Waals surface area contributed by atoms with Crippen molar-refractivity contribution >= 4 is 39.1 Å². The quantitative estimate of drug-likeness (QED) is 0.826. The molecule has 82 valence electrons.